The second-order valence-electron chi connectivity index (χ2n) is 6.85. The summed E-state index contributed by atoms with van der Waals surface area (Å²) in [5.41, 5.74) is 0.284. The Morgan fingerprint density at radius 1 is 1.00 bits per heavy atom. The van der Waals surface area contributed by atoms with Crippen LogP contribution in [0.2, 0.25) is 5.02 Å². The highest BCUT2D eigenvalue weighted by molar-refractivity contribution is 6.63. The minimum Gasteiger partial charge on any atom is -0.311 e. The van der Waals surface area contributed by atoms with E-state index >= 15 is 0 Å². The number of rotatable bonds is 2. The van der Waals surface area contributed by atoms with Gasteiger partial charge in [-0.15, -0.1) is 51.5 Å². The number of alkyl halides is 6. The van der Waals surface area contributed by atoms with Gasteiger partial charge in [0.25, 0.3) is 11.8 Å². The van der Waals surface area contributed by atoms with Crippen LogP contribution in [0.3, 0.4) is 0 Å². The summed E-state index contributed by atoms with van der Waals surface area (Å²) in [4.78, 5) is 39.3. The van der Waals surface area contributed by atoms with E-state index in [1.165, 1.54) is 12.1 Å². The Labute approximate surface area is 199 Å². The van der Waals surface area contributed by atoms with Crippen molar-refractivity contribution in [3.63, 3.8) is 0 Å². The molecule has 0 radical (unpaired) electrons. The average molecular weight is 541 g/mol. The van der Waals surface area contributed by atoms with Gasteiger partial charge in [0, 0.05) is 10.7 Å². The van der Waals surface area contributed by atoms with Gasteiger partial charge in [0.1, 0.15) is 9.75 Å². The molecule has 1 aliphatic heterocycles. The highest BCUT2D eigenvalue weighted by Gasteiger charge is 2.91. The molecule has 3 fully saturated rings. The molecule has 1 N–H and O–H groups in total. The summed E-state index contributed by atoms with van der Waals surface area (Å²) in [6.45, 7) is 0. The van der Waals surface area contributed by atoms with Gasteiger partial charge >= 0.3 is 6.09 Å². The van der Waals surface area contributed by atoms with Crippen LogP contribution in [0.25, 0.3) is 0 Å². The molecule has 13 heteroatoms. The van der Waals surface area contributed by atoms with Crippen LogP contribution < -0.4 is 5.32 Å². The Bertz CT molecular complexity index is 904. The zero-order valence-electron chi connectivity index (χ0n) is 13.8. The monoisotopic (exact) mass is 538 g/mol. The summed E-state index contributed by atoms with van der Waals surface area (Å²) in [7, 11) is 0. The molecule has 3 amide bonds. The second kappa shape index (κ2) is 6.83. The Morgan fingerprint density at radius 2 is 1.52 bits per heavy atom. The topological polar surface area (TPSA) is 75.7 Å². The van der Waals surface area contributed by atoms with Crippen LogP contribution >= 0.6 is 81.2 Å². The van der Waals surface area contributed by atoms with E-state index < -0.39 is 54.6 Å². The maximum Gasteiger partial charge on any atom is 0.436 e. The van der Waals surface area contributed by atoms with Crippen molar-refractivity contribution in [2.45, 2.75) is 24.8 Å². The van der Waals surface area contributed by atoms with Crippen LogP contribution in [0.4, 0.5) is 10.5 Å². The molecule has 4 rings (SSSR count). The van der Waals surface area contributed by atoms with Gasteiger partial charge in [-0.1, -0.05) is 40.9 Å². The average Bonchev–Trinajstić information content (AvgIpc) is 3.01. The van der Waals surface area contributed by atoms with Crippen molar-refractivity contribution in [1.82, 2.24) is 5.06 Å². The van der Waals surface area contributed by atoms with Crippen LogP contribution in [0, 0.1) is 11.8 Å². The molecule has 1 heterocycles. The van der Waals surface area contributed by atoms with E-state index in [0.717, 1.165) is 0 Å². The fourth-order valence-corrected chi connectivity index (χ4v) is 7.70. The molecule has 1 saturated heterocycles. The van der Waals surface area contributed by atoms with E-state index in [1.807, 2.05) is 0 Å². The lowest BCUT2D eigenvalue weighted by molar-refractivity contribution is -0.173. The number of hydroxylamine groups is 2. The molecule has 29 heavy (non-hydrogen) atoms. The van der Waals surface area contributed by atoms with Crippen molar-refractivity contribution in [1.29, 1.82) is 0 Å². The van der Waals surface area contributed by atoms with Gasteiger partial charge in [0.15, 0.2) is 4.33 Å². The summed E-state index contributed by atoms with van der Waals surface area (Å²) in [6.07, 6.45) is -1.11. The maximum atomic E-state index is 12.9. The largest absolute Gasteiger partial charge is 0.436 e. The molecule has 0 spiro atoms. The number of halogens is 7. The number of carbonyl (C=O) groups excluding carboxylic acids is 3. The smallest absolute Gasteiger partial charge is 0.311 e. The highest BCUT2D eigenvalue weighted by atomic mass is 35.5. The van der Waals surface area contributed by atoms with Crippen molar-refractivity contribution in [2.75, 3.05) is 5.32 Å². The normalized spacial score (nSPS) is 39.6. The Morgan fingerprint density at radius 3 is 2.00 bits per heavy atom. The molecule has 6 nitrogen and oxygen atoms in total. The maximum absolute atomic E-state index is 12.9. The lowest BCUT2D eigenvalue weighted by Gasteiger charge is -2.35. The standard InChI is InChI=1S/C16H9Cl7N2O4/c17-5-2-1-3-6(4-5)24-13(28)29-25-11(26)7-8(12(25)27)15(21)10(19)9(18)14(7,20)16(15,22)23/h1-4,7-10H,(H,24,28). The Hall–Kier alpha value is -0.340. The SMILES string of the molecule is O=C(Nc1cccc(Cl)c1)ON1C(=O)C2C(C1=O)C1(Cl)C(Cl)C(Cl)C2(Cl)C1(Cl)Cl. The van der Waals surface area contributed by atoms with Gasteiger partial charge in [-0.2, -0.15) is 0 Å². The number of anilines is 1. The number of nitrogens with zero attached hydrogens (tertiary/aromatic N) is 1. The first-order valence-corrected chi connectivity index (χ1v) is 10.8. The van der Waals surface area contributed by atoms with E-state index in [-0.39, 0.29) is 10.8 Å². The minimum absolute atomic E-state index is 0.283. The van der Waals surface area contributed by atoms with E-state index in [2.05, 4.69) is 5.32 Å². The fourth-order valence-electron chi connectivity index (χ4n) is 4.17. The van der Waals surface area contributed by atoms with Gasteiger partial charge in [-0.3, -0.25) is 14.9 Å². The van der Waals surface area contributed by atoms with Crippen molar-refractivity contribution in [3.05, 3.63) is 29.3 Å². The lowest BCUT2D eigenvalue weighted by Crippen LogP contribution is -2.51. The van der Waals surface area contributed by atoms with E-state index in [1.54, 1.807) is 12.1 Å². The van der Waals surface area contributed by atoms with Gasteiger partial charge in [0.2, 0.25) is 0 Å². The molecule has 6 unspecified atom stereocenters. The predicted molar refractivity (Wildman–Crippen MR) is 111 cm³/mol. The lowest BCUT2D eigenvalue weighted by atomic mass is 9.79. The Kier molecular flexibility index (Phi) is 5.15. The predicted octanol–water partition coefficient (Wildman–Crippen LogP) is 4.78. The van der Waals surface area contributed by atoms with Gasteiger partial charge < -0.3 is 4.84 Å². The number of imide groups is 1. The van der Waals surface area contributed by atoms with Crippen molar-refractivity contribution in [2.24, 2.45) is 11.8 Å². The molecule has 2 bridgehead atoms. The fraction of sp³-hybridized carbons (Fsp3) is 0.438. The molecule has 156 valence electrons. The zero-order chi connectivity index (χ0) is 21.5. The minimum atomic E-state index is -1.99. The summed E-state index contributed by atoms with van der Waals surface area (Å²) in [6, 6.07) is 6.15. The van der Waals surface area contributed by atoms with E-state index in [4.69, 9.17) is 86.0 Å². The van der Waals surface area contributed by atoms with Crippen LogP contribution in [0.15, 0.2) is 24.3 Å². The number of fused-ring (bicyclic) bond motifs is 5. The molecular formula is C16H9Cl7N2O4. The summed E-state index contributed by atoms with van der Waals surface area (Å²) < 4.78 is -1.99. The van der Waals surface area contributed by atoms with Gasteiger partial charge in [-0.25, -0.2) is 4.79 Å². The zero-order valence-corrected chi connectivity index (χ0v) is 19.1. The third-order valence-electron chi connectivity index (χ3n) is 5.44. The highest BCUT2D eigenvalue weighted by Crippen LogP contribution is 2.76. The first-order valence-electron chi connectivity index (χ1n) is 8.05. The molecule has 0 aromatic heterocycles. The number of hydrogen-bond acceptors (Lipinski definition) is 4. The third-order valence-corrected chi connectivity index (χ3v) is 10.4. The van der Waals surface area contributed by atoms with Crippen LogP contribution in [0.1, 0.15) is 0 Å². The molecule has 3 aliphatic rings. The molecule has 2 aliphatic carbocycles. The quantitative estimate of drug-likeness (QED) is 0.432. The number of nitrogens with one attached hydrogen (secondary N) is 1. The number of benzene rings is 1. The van der Waals surface area contributed by atoms with Crippen molar-refractivity contribution in [3.8, 4) is 0 Å². The molecular weight excluding hydrogens is 532 g/mol. The van der Waals surface area contributed by atoms with E-state index in [0.29, 0.717) is 5.02 Å². The van der Waals surface area contributed by atoms with Gasteiger partial charge in [-0.05, 0) is 18.2 Å². The Balaban J connectivity index is 1.62. The molecule has 6 atom stereocenters. The molecule has 2 saturated carbocycles. The van der Waals surface area contributed by atoms with Crippen LogP contribution in [0.5, 0.6) is 0 Å². The first-order chi connectivity index (χ1) is 13.4. The number of amides is 3. The van der Waals surface area contributed by atoms with Crippen LogP contribution in [-0.2, 0) is 14.4 Å². The van der Waals surface area contributed by atoms with E-state index in [9.17, 15) is 14.4 Å². The first kappa shape index (κ1) is 21.9. The van der Waals surface area contributed by atoms with Crippen molar-refractivity contribution < 1.29 is 19.2 Å². The van der Waals surface area contributed by atoms with Gasteiger partial charge in [0.05, 0.1) is 22.6 Å². The summed E-state index contributed by atoms with van der Waals surface area (Å²) in [5, 5.41) is 0.730. The summed E-state index contributed by atoms with van der Waals surface area (Å²) in [5.74, 6) is -4.56. The third kappa shape index (κ3) is 2.60. The molecule has 1 aromatic rings. The van der Waals surface area contributed by atoms with Crippen molar-refractivity contribution >= 4 is 105 Å². The number of carbonyl (C=O) groups is 3. The van der Waals surface area contributed by atoms with Crippen LogP contribution in [-0.4, -0.2) is 47.8 Å². The molecule has 1 aromatic carbocycles. The summed E-state index contributed by atoms with van der Waals surface area (Å²) >= 11 is 44.4. The number of hydrogen-bond donors (Lipinski definition) is 1. The second-order valence-corrected chi connectivity index (χ2v) is 10.8.